The van der Waals surface area contributed by atoms with Gasteiger partial charge in [0.2, 0.25) is 5.91 Å². The topological polar surface area (TPSA) is 55.1 Å². The summed E-state index contributed by atoms with van der Waals surface area (Å²) in [6, 6.07) is 10.2. The molecule has 0 atom stereocenters. The van der Waals surface area contributed by atoms with Gasteiger partial charge in [-0.25, -0.2) is 13.8 Å². The molecule has 0 aliphatic heterocycles. The average Bonchev–Trinajstić information content (AvgIpc) is 3.06. The Morgan fingerprint density at radius 1 is 1.16 bits per heavy atom. The van der Waals surface area contributed by atoms with Crippen molar-refractivity contribution in [2.45, 2.75) is 5.22 Å². The van der Waals surface area contributed by atoms with Crippen LogP contribution >= 0.6 is 23.4 Å². The molecule has 0 saturated carbocycles. The maximum atomic E-state index is 13.1. The fourth-order valence-electron chi connectivity index (χ4n) is 1.97. The second-order valence-corrected chi connectivity index (χ2v) is 6.33. The van der Waals surface area contributed by atoms with E-state index in [4.69, 9.17) is 16.0 Å². The monoisotopic (exact) mass is 380 g/mol. The van der Waals surface area contributed by atoms with Crippen LogP contribution < -0.4 is 5.32 Å². The first-order valence-corrected chi connectivity index (χ1v) is 8.47. The molecule has 25 heavy (non-hydrogen) atoms. The average molecular weight is 381 g/mol. The number of hydrogen-bond donors (Lipinski definition) is 1. The Bertz CT molecular complexity index is 900. The van der Waals surface area contributed by atoms with Gasteiger partial charge in [-0.2, -0.15) is 0 Å². The number of carbonyl (C=O) groups excluding carboxylic acids is 1. The van der Waals surface area contributed by atoms with Crippen molar-refractivity contribution in [3.63, 3.8) is 0 Å². The molecule has 1 heterocycles. The van der Waals surface area contributed by atoms with Gasteiger partial charge in [0.05, 0.1) is 11.9 Å². The van der Waals surface area contributed by atoms with Crippen molar-refractivity contribution in [2.75, 3.05) is 11.1 Å². The van der Waals surface area contributed by atoms with E-state index >= 15 is 0 Å². The van der Waals surface area contributed by atoms with Gasteiger partial charge < -0.3 is 9.73 Å². The Morgan fingerprint density at radius 3 is 2.64 bits per heavy atom. The van der Waals surface area contributed by atoms with E-state index in [9.17, 15) is 13.6 Å². The lowest BCUT2D eigenvalue weighted by Gasteiger charge is -2.04. The highest BCUT2D eigenvalue weighted by Crippen LogP contribution is 2.26. The van der Waals surface area contributed by atoms with Gasteiger partial charge in [-0.1, -0.05) is 23.4 Å². The van der Waals surface area contributed by atoms with E-state index in [1.165, 1.54) is 6.07 Å². The quantitative estimate of drug-likeness (QED) is 0.632. The van der Waals surface area contributed by atoms with E-state index in [1.807, 2.05) is 0 Å². The number of benzene rings is 2. The van der Waals surface area contributed by atoms with E-state index in [0.717, 1.165) is 29.5 Å². The van der Waals surface area contributed by atoms with Crippen LogP contribution in [-0.2, 0) is 4.79 Å². The van der Waals surface area contributed by atoms with Gasteiger partial charge in [-0.15, -0.1) is 0 Å². The number of aromatic nitrogens is 1. The number of halogens is 3. The Labute approximate surface area is 151 Å². The number of nitrogens with zero attached hydrogens (tertiary/aromatic N) is 1. The van der Waals surface area contributed by atoms with Crippen molar-refractivity contribution >= 4 is 35.0 Å². The molecular formula is C17H11ClF2N2O2S. The van der Waals surface area contributed by atoms with Crippen LogP contribution in [0.3, 0.4) is 0 Å². The fourth-order valence-corrected chi connectivity index (χ4v) is 2.70. The number of oxazole rings is 1. The molecular weight excluding hydrogens is 370 g/mol. The van der Waals surface area contributed by atoms with Gasteiger partial charge in [-0.05, 0) is 36.4 Å². The zero-order chi connectivity index (χ0) is 17.8. The van der Waals surface area contributed by atoms with Crippen LogP contribution in [0.2, 0.25) is 5.02 Å². The highest BCUT2D eigenvalue weighted by Gasteiger charge is 2.11. The van der Waals surface area contributed by atoms with E-state index in [0.29, 0.717) is 16.0 Å². The molecule has 0 fully saturated rings. The van der Waals surface area contributed by atoms with Crippen molar-refractivity contribution in [3.05, 3.63) is 65.3 Å². The largest absolute Gasteiger partial charge is 0.431 e. The van der Waals surface area contributed by atoms with Crippen molar-refractivity contribution in [1.29, 1.82) is 0 Å². The minimum Gasteiger partial charge on any atom is -0.431 e. The number of hydrogen-bond acceptors (Lipinski definition) is 4. The lowest BCUT2D eigenvalue weighted by molar-refractivity contribution is -0.113. The second-order valence-electron chi connectivity index (χ2n) is 4.96. The molecule has 0 aliphatic carbocycles. The van der Waals surface area contributed by atoms with Gasteiger partial charge in [0, 0.05) is 22.3 Å². The molecule has 2 aromatic carbocycles. The fraction of sp³-hybridized carbons (Fsp3) is 0.0588. The Hall–Kier alpha value is -2.38. The normalized spacial score (nSPS) is 10.7. The highest BCUT2D eigenvalue weighted by atomic mass is 35.5. The van der Waals surface area contributed by atoms with Crippen LogP contribution in [0, 0.1) is 11.6 Å². The SMILES string of the molecule is O=C(CSc1ncc(-c2ccc(Cl)cc2)o1)Nc1ccc(F)c(F)c1. The summed E-state index contributed by atoms with van der Waals surface area (Å²) in [4.78, 5) is 16.0. The van der Waals surface area contributed by atoms with Crippen molar-refractivity contribution in [1.82, 2.24) is 4.98 Å². The van der Waals surface area contributed by atoms with Gasteiger partial charge in [-0.3, -0.25) is 4.79 Å². The van der Waals surface area contributed by atoms with E-state index in [2.05, 4.69) is 10.3 Å². The third kappa shape index (κ3) is 4.58. The summed E-state index contributed by atoms with van der Waals surface area (Å²) >= 11 is 6.92. The molecule has 1 N–H and O–H groups in total. The van der Waals surface area contributed by atoms with Gasteiger partial charge in [0.25, 0.3) is 5.22 Å². The summed E-state index contributed by atoms with van der Waals surface area (Å²) in [7, 11) is 0. The van der Waals surface area contributed by atoms with Gasteiger partial charge >= 0.3 is 0 Å². The Kier molecular flexibility index (Phi) is 5.35. The van der Waals surface area contributed by atoms with E-state index in [-0.39, 0.29) is 17.3 Å². The van der Waals surface area contributed by atoms with Crippen LogP contribution in [0.1, 0.15) is 0 Å². The van der Waals surface area contributed by atoms with Crippen LogP contribution in [0.4, 0.5) is 14.5 Å². The summed E-state index contributed by atoms with van der Waals surface area (Å²) in [5, 5.41) is 3.42. The summed E-state index contributed by atoms with van der Waals surface area (Å²) in [6.45, 7) is 0. The Morgan fingerprint density at radius 2 is 1.92 bits per heavy atom. The number of thioether (sulfide) groups is 1. The number of carbonyl (C=O) groups is 1. The molecule has 0 unspecified atom stereocenters. The maximum Gasteiger partial charge on any atom is 0.256 e. The molecule has 0 radical (unpaired) electrons. The van der Waals surface area contributed by atoms with Crippen molar-refractivity contribution in [3.8, 4) is 11.3 Å². The van der Waals surface area contributed by atoms with E-state index in [1.54, 1.807) is 30.5 Å². The minimum absolute atomic E-state index is 0.0135. The zero-order valence-corrected chi connectivity index (χ0v) is 14.2. The third-order valence-corrected chi connectivity index (χ3v) is 4.24. The predicted octanol–water partition coefficient (Wildman–Crippen LogP) is 5.00. The third-order valence-electron chi connectivity index (χ3n) is 3.14. The van der Waals surface area contributed by atoms with E-state index < -0.39 is 11.6 Å². The molecule has 3 aromatic rings. The molecule has 1 amide bonds. The number of rotatable bonds is 5. The van der Waals surface area contributed by atoms with Crippen LogP contribution in [0.25, 0.3) is 11.3 Å². The van der Waals surface area contributed by atoms with Gasteiger partial charge in [0.15, 0.2) is 17.4 Å². The second kappa shape index (κ2) is 7.67. The van der Waals surface area contributed by atoms with Gasteiger partial charge in [0.1, 0.15) is 0 Å². The standard InChI is InChI=1S/C17H11ClF2N2O2S/c18-11-3-1-10(2-4-11)15-8-21-17(24-15)25-9-16(23)22-12-5-6-13(19)14(20)7-12/h1-8H,9H2,(H,22,23). The molecule has 1 aromatic heterocycles. The first kappa shape index (κ1) is 17.4. The molecule has 0 bridgehead atoms. The molecule has 3 rings (SSSR count). The van der Waals surface area contributed by atoms with Crippen molar-refractivity contribution < 1.29 is 18.0 Å². The maximum absolute atomic E-state index is 13.1. The highest BCUT2D eigenvalue weighted by molar-refractivity contribution is 7.99. The first-order valence-electron chi connectivity index (χ1n) is 7.11. The Balaban J connectivity index is 1.57. The number of amides is 1. The predicted molar refractivity (Wildman–Crippen MR) is 92.7 cm³/mol. The van der Waals surface area contributed by atoms with Crippen LogP contribution in [-0.4, -0.2) is 16.6 Å². The molecule has 0 spiro atoms. The summed E-state index contributed by atoms with van der Waals surface area (Å²) in [5.41, 5.74) is 0.994. The smallest absolute Gasteiger partial charge is 0.256 e. The molecule has 128 valence electrons. The van der Waals surface area contributed by atoms with Crippen molar-refractivity contribution in [2.24, 2.45) is 0 Å². The molecule has 0 aliphatic rings. The summed E-state index contributed by atoms with van der Waals surface area (Å²) < 4.78 is 31.5. The van der Waals surface area contributed by atoms with Crippen LogP contribution in [0.5, 0.6) is 0 Å². The first-order chi connectivity index (χ1) is 12.0. The lowest BCUT2D eigenvalue weighted by atomic mass is 10.2. The molecule has 4 nitrogen and oxygen atoms in total. The van der Waals surface area contributed by atoms with Crippen LogP contribution in [0.15, 0.2) is 58.3 Å². The minimum atomic E-state index is -1.02. The number of anilines is 1. The summed E-state index contributed by atoms with van der Waals surface area (Å²) in [5.74, 6) is -1.81. The molecule has 8 heteroatoms. The number of nitrogens with one attached hydrogen (secondary N) is 1. The lowest BCUT2D eigenvalue weighted by Crippen LogP contribution is -2.14. The summed E-state index contributed by atoms with van der Waals surface area (Å²) in [6.07, 6.45) is 1.55. The zero-order valence-electron chi connectivity index (χ0n) is 12.6. The molecule has 0 saturated heterocycles.